The maximum atomic E-state index is 15.0. The van der Waals surface area contributed by atoms with Crippen molar-refractivity contribution < 1.29 is 41.0 Å². The number of aromatic amines is 1. The summed E-state index contributed by atoms with van der Waals surface area (Å²) in [5.41, 5.74) is 3.08. The van der Waals surface area contributed by atoms with Gasteiger partial charge in [0.15, 0.2) is 0 Å². The van der Waals surface area contributed by atoms with E-state index in [1.54, 1.807) is 16.7 Å². The molecule has 4 aromatic rings. The van der Waals surface area contributed by atoms with Gasteiger partial charge in [-0.1, -0.05) is 29.3 Å². The molecule has 5 heterocycles. The number of H-pyrrole nitrogens is 1. The van der Waals surface area contributed by atoms with Crippen LogP contribution in [0.2, 0.25) is 10.2 Å². The number of carbonyl (C=O) groups is 2. The van der Waals surface area contributed by atoms with Crippen molar-refractivity contribution in [1.82, 2.24) is 24.9 Å². The lowest BCUT2D eigenvalue weighted by Crippen LogP contribution is -2.56. The van der Waals surface area contributed by atoms with E-state index in [1.807, 2.05) is 0 Å². The number of rotatable bonds is 5. The Kier molecular flexibility index (Phi) is 7.18. The fourth-order valence-electron chi connectivity index (χ4n) is 5.04. The van der Waals surface area contributed by atoms with Crippen LogP contribution in [0.1, 0.15) is 27.4 Å². The number of hydrogen-bond acceptors (Lipinski definition) is 7. The summed E-state index contributed by atoms with van der Waals surface area (Å²) in [5, 5.41) is 0.867. The number of aromatic nitrogens is 2. The van der Waals surface area contributed by atoms with Crippen LogP contribution in [0.3, 0.4) is 0 Å². The number of fused-ring (bicyclic) bond motifs is 2. The molecule has 0 saturated carbocycles. The van der Waals surface area contributed by atoms with E-state index in [0.29, 0.717) is 16.4 Å². The van der Waals surface area contributed by atoms with Crippen LogP contribution in [-0.4, -0.2) is 73.7 Å². The summed E-state index contributed by atoms with van der Waals surface area (Å²) in [6.45, 7) is -0.115. The number of amides is 1. The van der Waals surface area contributed by atoms with Crippen LogP contribution in [0.4, 0.5) is 17.6 Å². The molecule has 1 unspecified atom stereocenters. The molecule has 1 aromatic carbocycles. The first kappa shape index (κ1) is 28.8. The second kappa shape index (κ2) is 10.7. The van der Waals surface area contributed by atoms with Crippen molar-refractivity contribution in [3.8, 4) is 0 Å². The van der Waals surface area contributed by atoms with Gasteiger partial charge in [-0.2, -0.15) is 18.6 Å². The zero-order valence-corrected chi connectivity index (χ0v) is 23.1. The minimum Gasteiger partial charge on any atom is -0.456 e. The SMILES string of the molecule is O=C(c1cc(Cc2c[nH]c(=O)c3cc(Cl)c(Cl)n23)ccc1F)N1CC[N+]2=C(c3ccco3)NN(OC(=O)C(F)(F)F)C2C1. The van der Waals surface area contributed by atoms with Gasteiger partial charge in [-0.3, -0.25) is 14.0 Å². The Labute approximate surface area is 248 Å². The second-order valence-corrected chi connectivity index (χ2v) is 10.4. The molecule has 0 radical (unpaired) electrons. The van der Waals surface area contributed by atoms with Crippen LogP contribution in [0.5, 0.6) is 0 Å². The molecule has 1 atom stereocenters. The highest BCUT2D eigenvalue weighted by atomic mass is 35.5. The summed E-state index contributed by atoms with van der Waals surface area (Å²) >= 11 is 12.4. The van der Waals surface area contributed by atoms with E-state index in [2.05, 4.69) is 15.2 Å². The van der Waals surface area contributed by atoms with Crippen LogP contribution in [0, 0.1) is 5.82 Å². The molecule has 17 heteroatoms. The van der Waals surface area contributed by atoms with Crippen molar-refractivity contribution in [1.29, 1.82) is 0 Å². The zero-order valence-electron chi connectivity index (χ0n) is 21.6. The van der Waals surface area contributed by atoms with Gasteiger partial charge >= 0.3 is 18.0 Å². The number of piperazine rings is 1. The van der Waals surface area contributed by atoms with Gasteiger partial charge in [0.05, 0.1) is 35.1 Å². The quantitative estimate of drug-likeness (QED) is 0.254. The standard InChI is InChI=1S/C26H18Cl2F4N6O5/c27-16-10-18-23(39)33-11-14(37(18)21(16)28)8-13-3-4-17(29)15(9-13)24(40)35-5-6-36-20(12-35)38(43-25(41)26(30,31)32)34-22(36)19-2-1-7-42-19/h1-4,7,9-11,20H,5-6,8,12H2,(H,33,39)/p+1. The van der Waals surface area contributed by atoms with E-state index in [4.69, 9.17) is 27.6 Å². The van der Waals surface area contributed by atoms with Crippen LogP contribution in [-0.2, 0) is 16.1 Å². The molecule has 0 aliphatic carbocycles. The Balaban J connectivity index is 1.27. The highest BCUT2D eigenvalue weighted by Crippen LogP contribution is 2.28. The van der Waals surface area contributed by atoms with E-state index >= 15 is 4.39 Å². The first-order chi connectivity index (χ1) is 20.4. The van der Waals surface area contributed by atoms with Gasteiger partial charge < -0.3 is 19.1 Å². The molecule has 0 bridgehead atoms. The first-order valence-corrected chi connectivity index (χ1v) is 13.3. The molecular formula is C26H19Cl2F4N6O5+. The molecule has 2 aliphatic heterocycles. The van der Waals surface area contributed by atoms with Crippen molar-refractivity contribution in [2.75, 3.05) is 19.6 Å². The molecule has 2 N–H and O–H groups in total. The van der Waals surface area contributed by atoms with E-state index in [1.165, 1.54) is 40.0 Å². The average molecular weight is 642 g/mol. The molecule has 224 valence electrons. The number of halogens is 6. The Morgan fingerprint density at radius 2 is 1.98 bits per heavy atom. The summed E-state index contributed by atoms with van der Waals surface area (Å²) in [5.74, 6) is -3.54. The van der Waals surface area contributed by atoms with E-state index in [9.17, 15) is 27.6 Å². The zero-order chi connectivity index (χ0) is 30.6. The number of alkyl halides is 3. The molecule has 2 aliphatic rings. The van der Waals surface area contributed by atoms with Gasteiger partial charge in [-0.25, -0.2) is 13.8 Å². The average Bonchev–Trinajstić information content (AvgIpc) is 3.69. The number of nitrogens with one attached hydrogen (secondary N) is 2. The molecule has 6 rings (SSSR count). The van der Waals surface area contributed by atoms with Crippen molar-refractivity contribution in [2.24, 2.45) is 0 Å². The normalized spacial score (nSPS) is 17.3. The van der Waals surface area contributed by atoms with Gasteiger partial charge in [-0.15, -0.1) is 0 Å². The largest absolute Gasteiger partial charge is 0.492 e. The Morgan fingerprint density at radius 3 is 2.70 bits per heavy atom. The van der Waals surface area contributed by atoms with Crippen molar-refractivity contribution in [3.63, 3.8) is 0 Å². The van der Waals surface area contributed by atoms with Crippen molar-refractivity contribution >= 4 is 46.4 Å². The predicted octanol–water partition coefficient (Wildman–Crippen LogP) is 3.34. The lowest BCUT2D eigenvalue weighted by Gasteiger charge is -2.32. The van der Waals surface area contributed by atoms with E-state index < -0.39 is 35.6 Å². The smallest absolute Gasteiger partial charge is 0.456 e. The highest BCUT2D eigenvalue weighted by Gasteiger charge is 2.51. The molecule has 1 saturated heterocycles. The number of benzene rings is 1. The lowest BCUT2D eigenvalue weighted by molar-refractivity contribution is -0.602. The molecule has 3 aromatic heterocycles. The third kappa shape index (κ3) is 5.23. The predicted molar refractivity (Wildman–Crippen MR) is 142 cm³/mol. The summed E-state index contributed by atoms with van der Waals surface area (Å²) in [4.78, 5) is 45.8. The van der Waals surface area contributed by atoms with Crippen LogP contribution in [0.15, 0.2) is 58.1 Å². The lowest BCUT2D eigenvalue weighted by atomic mass is 10.0. The highest BCUT2D eigenvalue weighted by molar-refractivity contribution is 6.42. The number of nitrogens with zero attached hydrogens (tertiary/aromatic N) is 4. The number of carbonyl (C=O) groups excluding carboxylic acids is 2. The Bertz CT molecular complexity index is 1850. The molecular weight excluding hydrogens is 623 g/mol. The fourth-order valence-corrected chi connectivity index (χ4v) is 5.48. The Hall–Kier alpha value is -4.34. The summed E-state index contributed by atoms with van der Waals surface area (Å²) < 4.78 is 62.3. The van der Waals surface area contributed by atoms with E-state index in [0.717, 1.165) is 6.07 Å². The van der Waals surface area contributed by atoms with Gasteiger partial charge in [0, 0.05) is 18.3 Å². The fraction of sp³-hybridized carbons (Fsp3) is 0.231. The van der Waals surface area contributed by atoms with E-state index in [-0.39, 0.29) is 58.9 Å². The van der Waals surface area contributed by atoms with Crippen molar-refractivity contribution in [2.45, 2.75) is 18.8 Å². The maximum absolute atomic E-state index is 15.0. The molecule has 1 amide bonds. The van der Waals surface area contributed by atoms with Crippen molar-refractivity contribution in [3.05, 3.63) is 97.8 Å². The first-order valence-electron chi connectivity index (χ1n) is 12.6. The molecule has 43 heavy (non-hydrogen) atoms. The second-order valence-electron chi connectivity index (χ2n) is 9.67. The minimum absolute atomic E-state index is 0.0595. The van der Waals surface area contributed by atoms with Crippen LogP contribution >= 0.6 is 23.2 Å². The minimum atomic E-state index is -5.28. The monoisotopic (exact) mass is 641 g/mol. The summed E-state index contributed by atoms with van der Waals surface area (Å²) in [7, 11) is 0. The number of amidine groups is 1. The third-order valence-electron chi connectivity index (χ3n) is 7.02. The number of hydrogen-bond donors (Lipinski definition) is 2. The van der Waals surface area contributed by atoms with Crippen LogP contribution < -0.4 is 11.0 Å². The third-order valence-corrected chi connectivity index (χ3v) is 7.77. The Morgan fingerprint density at radius 1 is 1.19 bits per heavy atom. The van der Waals surface area contributed by atoms with Gasteiger partial charge in [0.2, 0.25) is 11.9 Å². The number of furan rings is 1. The van der Waals surface area contributed by atoms with Gasteiger partial charge in [0.1, 0.15) is 23.0 Å². The maximum Gasteiger partial charge on any atom is 0.492 e. The van der Waals surface area contributed by atoms with Gasteiger partial charge in [-0.05, 0) is 35.9 Å². The topological polar surface area (TPSA) is 115 Å². The number of hydroxylamine groups is 1. The molecule has 1 fully saturated rings. The summed E-state index contributed by atoms with van der Waals surface area (Å²) in [6, 6.07) is 8.45. The van der Waals surface area contributed by atoms with Crippen LogP contribution in [0.25, 0.3) is 5.52 Å². The van der Waals surface area contributed by atoms with Gasteiger partial charge in [0.25, 0.3) is 11.5 Å². The summed E-state index contributed by atoms with van der Waals surface area (Å²) in [6.07, 6.45) is -3.46. The molecule has 0 spiro atoms. The number of hydrazine groups is 1. The molecule has 11 nitrogen and oxygen atoms in total.